The molecule has 1 amide bonds. The van der Waals surface area contributed by atoms with E-state index in [1.165, 1.54) is 9.56 Å². The Hall–Kier alpha value is -3.52. The van der Waals surface area contributed by atoms with E-state index < -0.39 is 0 Å². The Morgan fingerprint density at radius 2 is 2.03 bits per heavy atom. The predicted octanol–water partition coefficient (Wildman–Crippen LogP) is 4.36. The molecule has 1 atom stereocenters. The number of hydrogen-bond acceptors (Lipinski definition) is 6. The van der Waals surface area contributed by atoms with Crippen LogP contribution < -0.4 is 0 Å². The molecule has 1 aromatic carbocycles. The maximum Gasteiger partial charge on any atom is 0.273 e. The molecule has 3 aromatic heterocycles. The molecule has 1 aliphatic heterocycles. The number of furan rings is 1. The van der Waals surface area contributed by atoms with Crippen LogP contribution in [0.2, 0.25) is 0 Å². The van der Waals surface area contributed by atoms with E-state index in [0.717, 1.165) is 18.4 Å². The number of rotatable bonds is 5. The number of likely N-dealkylation sites (tertiary alicyclic amines) is 1. The molecular weight excluding hydrogens is 398 g/mol. The second kappa shape index (κ2) is 8.08. The maximum atomic E-state index is 13.8. The van der Waals surface area contributed by atoms with Gasteiger partial charge in [-0.1, -0.05) is 36.4 Å². The number of nitrogens with zero attached hydrogens (tertiary/aromatic N) is 5. The minimum atomic E-state index is -0.119. The van der Waals surface area contributed by atoms with E-state index in [9.17, 15) is 4.79 Å². The highest BCUT2D eigenvalue weighted by molar-refractivity contribution is 7.10. The molecule has 150 valence electrons. The van der Waals surface area contributed by atoms with Gasteiger partial charge in [0.05, 0.1) is 12.3 Å². The van der Waals surface area contributed by atoms with Gasteiger partial charge in [-0.15, -0.1) is 16.4 Å². The molecule has 30 heavy (non-hydrogen) atoms. The van der Waals surface area contributed by atoms with Crippen LogP contribution in [0, 0.1) is 0 Å². The Bertz CT molecular complexity index is 1150. The fraction of sp³-hybridized carbons (Fsp3) is 0.182. The minimum Gasteiger partial charge on any atom is -0.465 e. The first-order valence-electron chi connectivity index (χ1n) is 9.75. The zero-order chi connectivity index (χ0) is 20.3. The number of hydrogen-bond donors (Lipinski definition) is 0. The van der Waals surface area contributed by atoms with Crippen molar-refractivity contribution in [3.05, 3.63) is 76.9 Å². The van der Waals surface area contributed by atoms with Gasteiger partial charge in [-0.05, 0) is 46.8 Å². The first-order valence-corrected chi connectivity index (χ1v) is 10.6. The quantitative estimate of drug-likeness (QED) is 0.451. The van der Waals surface area contributed by atoms with Crippen molar-refractivity contribution < 1.29 is 9.21 Å². The normalized spacial score (nSPS) is 16.9. The topological polar surface area (TPSA) is 77.0 Å². The van der Waals surface area contributed by atoms with Crippen molar-refractivity contribution in [2.45, 2.75) is 18.9 Å². The molecule has 0 radical (unpaired) electrons. The third-order valence-corrected chi connectivity index (χ3v) is 6.13. The largest absolute Gasteiger partial charge is 0.465 e. The van der Waals surface area contributed by atoms with Crippen LogP contribution >= 0.6 is 11.3 Å². The summed E-state index contributed by atoms with van der Waals surface area (Å²) in [6, 6.07) is 17.4. The molecule has 0 aliphatic carbocycles. The summed E-state index contributed by atoms with van der Waals surface area (Å²) in [6.07, 6.45) is 5.19. The van der Waals surface area contributed by atoms with Gasteiger partial charge in [0, 0.05) is 23.1 Å². The van der Waals surface area contributed by atoms with E-state index in [1.807, 2.05) is 46.7 Å². The van der Waals surface area contributed by atoms with Crippen LogP contribution in [0.15, 0.2) is 70.7 Å². The fourth-order valence-electron chi connectivity index (χ4n) is 3.77. The first-order chi connectivity index (χ1) is 14.8. The van der Waals surface area contributed by atoms with E-state index in [2.05, 4.69) is 21.6 Å². The van der Waals surface area contributed by atoms with Gasteiger partial charge in [0.25, 0.3) is 5.91 Å². The summed E-state index contributed by atoms with van der Waals surface area (Å²) in [5, 5.41) is 14.2. The van der Waals surface area contributed by atoms with Gasteiger partial charge in [-0.25, -0.2) is 0 Å². The molecule has 0 bridgehead atoms. The Labute approximate surface area is 177 Å². The Balaban J connectivity index is 1.58. The summed E-state index contributed by atoms with van der Waals surface area (Å²) in [6.45, 7) is 0.694. The second-order valence-corrected chi connectivity index (χ2v) is 7.98. The molecule has 1 aliphatic rings. The van der Waals surface area contributed by atoms with E-state index in [1.54, 1.807) is 35.8 Å². The summed E-state index contributed by atoms with van der Waals surface area (Å²) >= 11 is 1.68. The van der Waals surface area contributed by atoms with Gasteiger partial charge in [0.2, 0.25) is 0 Å². The molecule has 7 nitrogen and oxygen atoms in total. The van der Waals surface area contributed by atoms with E-state index in [0.29, 0.717) is 23.8 Å². The zero-order valence-electron chi connectivity index (χ0n) is 16.1. The third-order valence-electron chi connectivity index (χ3n) is 5.16. The van der Waals surface area contributed by atoms with Crippen molar-refractivity contribution in [3.63, 3.8) is 0 Å². The molecule has 0 N–H and O–H groups in total. The molecule has 1 saturated heterocycles. The number of aromatic nitrogens is 4. The smallest absolute Gasteiger partial charge is 0.273 e. The lowest BCUT2D eigenvalue weighted by Gasteiger charge is -2.25. The Morgan fingerprint density at radius 1 is 1.13 bits per heavy atom. The number of amides is 1. The molecule has 1 unspecified atom stereocenters. The van der Waals surface area contributed by atoms with E-state index in [-0.39, 0.29) is 11.9 Å². The van der Waals surface area contributed by atoms with Gasteiger partial charge in [0.15, 0.2) is 5.82 Å². The van der Waals surface area contributed by atoms with Gasteiger partial charge in [-0.3, -0.25) is 4.79 Å². The van der Waals surface area contributed by atoms with Crippen LogP contribution in [-0.2, 0) is 4.79 Å². The van der Waals surface area contributed by atoms with Crippen molar-refractivity contribution in [1.29, 1.82) is 0 Å². The molecule has 4 heterocycles. The summed E-state index contributed by atoms with van der Waals surface area (Å²) in [4.78, 5) is 16.9. The molecule has 1 fully saturated rings. The lowest BCUT2D eigenvalue weighted by molar-refractivity contribution is -0.126. The average Bonchev–Trinajstić information content (AvgIpc) is 3.58. The van der Waals surface area contributed by atoms with Crippen molar-refractivity contribution in [1.82, 2.24) is 25.1 Å². The van der Waals surface area contributed by atoms with Gasteiger partial charge < -0.3 is 9.32 Å². The van der Waals surface area contributed by atoms with Crippen LogP contribution in [0.5, 0.6) is 0 Å². The Kier molecular flexibility index (Phi) is 4.98. The lowest BCUT2D eigenvalue weighted by Crippen LogP contribution is -2.32. The average molecular weight is 417 g/mol. The van der Waals surface area contributed by atoms with Crippen LogP contribution in [0.4, 0.5) is 0 Å². The predicted molar refractivity (Wildman–Crippen MR) is 114 cm³/mol. The highest BCUT2D eigenvalue weighted by Crippen LogP contribution is 2.36. The summed E-state index contributed by atoms with van der Waals surface area (Å²) in [5.41, 5.74) is 1.19. The van der Waals surface area contributed by atoms with Crippen LogP contribution in [0.1, 0.15) is 29.5 Å². The number of tetrazole rings is 1. The summed E-state index contributed by atoms with van der Waals surface area (Å²) in [7, 11) is 0. The number of carbonyl (C=O) groups excluding carboxylic acids is 1. The molecule has 5 rings (SSSR count). The molecule has 4 aromatic rings. The maximum absolute atomic E-state index is 13.8. The van der Waals surface area contributed by atoms with Crippen molar-refractivity contribution in [2.24, 2.45) is 0 Å². The number of thiophene rings is 1. The van der Waals surface area contributed by atoms with E-state index in [4.69, 9.17) is 4.42 Å². The molecular formula is C22H19N5O2S. The summed E-state index contributed by atoms with van der Waals surface area (Å²) in [5.74, 6) is 0.958. The standard InChI is InChI=1S/C22H19N5O2S/c28-22(26-12-4-10-18(26)20-11-6-14-30-20)19(15-17-9-5-13-29-17)27-21(23-24-25-27)16-7-2-1-3-8-16/h1-3,5-9,11,13-15,18H,4,10,12H2. The second-order valence-electron chi connectivity index (χ2n) is 7.00. The van der Waals surface area contributed by atoms with Gasteiger partial charge in [-0.2, -0.15) is 4.68 Å². The number of benzene rings is 1. The van der Waals surface area contributed by atoms with E-state index >= 15 is 0 Å². The van der Waals surface area contributed by atoms with Crippen LogP contribution in [0.25, 0.3) is 23.2 Å². The first kappa shape index (κ1) is 18.5. The molecule has 0 saturated carbocycles. The zero-order valence-corrected chi connectivity index (χ0v) is 16.9. The minimum absolute atomic E-state index is 0.0640. The fourth-order valence-corrected chi connectivity index (χ4v) is 4.65. The SMILES string of the molecule is O=C(C(=Cc1ccco1)n1nnnc1-c1ccccc1)N1CCCC1c1cccs1. The molecule has 0 spiro atoms. The molecule has 8 heteroatoms. The Morgan fingerprint density at radius 3 is 2.80 bits per heavy atom. The lowest BCUT2D eigenvalue weighted by atomic mass is 10.1. The number of carbonyl (C=O) groups is 1. The highest BCUT2D eigenvalue weighted by atomic mass is 32.1. The van der Waals surface area contributed by atoms with Crippen molar-refractivity contribution in [2.75, 3.05) is 6.54 Å². The summed E-state index contributed by atoms with van der Waals surface area (Å²) < 4.78 is 7.00. The van der Waals surface area contributed by atoms with Crippen LogP contribution in [0.3, 0.4) is 0 Å². The van der Waals surface area contributed by atoms with Gasteiger partial charge in [0.1, 0.15) is 11.5 Å². The van der Waals surface area contributed by atoms with Crippen molar-refractivity contribution >= 4 is 29.0 Å². The van der Waals surface area contributed by atoms with Crippen LogP contribution in [-0.4, -0.2) is 37.6 Å². The van der Waals surface area contributed by atoms with Crippen molar-refractivity contribution in [3.8, 4) is 11.4 Å². The third kappa shape index (κ3) is 3.46. The monoisotopic (exact) mass is 417 g/mol. The van der Waals surface area contributed by atoms with Gasteiger partial charge >= 0.3 is 0 Å². The highest BCUT2D eigenvalue weighted by Gasteiger charge is 2.34.